The summed E-state index contributed by atoms with van der Waals surface area (Å²) >= 11 is 12.7. The van der Waals surface area contributed by atoms with Gasteiger partial charge in [0.25, 0.3) is 0 Å². The van der Waals surface area contributed by atoms with Crippen LogP contribution in [0.2, 0.25) is 10.0 Å². The number of hydrogen-bond donors (Lipinski definition) is 1. The summed E-state index contributed by atoms with van der Waals surface area (Å²) in [6.45, 7) is 6.78. The molecule has 1 N–H and O–H groups in total. The van der Waals surface area contributed by atoms with Gasteiger partial charge in [0.1, 0.15) is 11.5 Å². The van der Waals surface area contributed by atoms with Gasteiger partial charge < -0.3 is 19.5 Å². The van der Waals surface area contributed by atoms with Crippen molar-refractivity contribution < 1.29 is 14.0 Å². The van der Waals surface area contributed by atoms with Gasteiger partial charge in [-0.15, -0.1) is 0 Å². The van der Waals surface area contributed by atoms with Crippen molar-refractivity contribution >= 4 is 52.5 Å². The van der Waals surface area contributed by atoms with Crippen molar-refractivity contribution in [2.75, 3.05) is 36.4 Å². The van der Waals surface area contributed by atoms with Crippen molar-refractivity contribution in [1.82, 2.24) is 4.90 Å². The molecule has 0 saturated carbocycles. The van der Waals surface area contributed by atoms with E-state index in [4.69, 9.17) is 27.6 Å². The molecule has 0 atom stereocenters. The van der Waals surface area contributed by atoms with Crippen molar-refractivity contribution in [2.45, 2.75) is 26.7 Å². The maximum absolute atomic E-state index is 12.4. The summed E-state index contributed by atoms with van der Waals surface area (Å²) in [5.41, 5.74) is 3.37. The molecule has 6 nitrogen and oxygen atoms in total. The number of carbonyl (C=O) groups is 2. The number of rotatable bonds is 7. The maximum Gasteiger partial charge on any atom is 0.248 e. The van der Waals surface area contributed by atoms with Crippen molar-refractivity contribution in [3.05, 3.63) is 76.0 Å². The number of hydrogen-bond acceptors (Lipinski definition) is 4. The summed E-state index contributed by atoms with van der Waals surface area (Å²) in [5, 5.41) is 4.06. The van der Waals surface area contributed by atoms with Gasteiger partial charge in [-0.2, -0.15) is 0 Å². The molecule has 1 aromatic heterocycles. The highest BCUT2D eigenvalue weighted by molar-refractivity contribution is 6.33. The van der Waals surface area contributed by atoms with Crippen LogP contribution in [-0.4, -0.2) is 42.9 Å². The summed E-state index contributed by atoms with van der Waals surface area (Å²) in [4.78, 5) is 28.6. The Bertz CT molecular complexity index is 1280. The second-order valence-corrected chi connectivity index (χ2v) is 9.59. The van der Waals surface area contributed by atoms with E-state index in [0.717, 1.165) is 36.3 Å². The van der Waals surface area contributed by atoms with E-state index in [0.29, 0.717) is 46.8 Å². The van der Waals surface area contributed by atoms with Gasteiger partial charge in [-0.25, -0.2) is 0 Å². The number of piperazine rings is 1. The summed E-state index contributed by atoms with van der Waals surface area (Å²) in [7, 11) is 0. The van der Waals surface area contributed by atoms with Crippen LogP contribution in [0.5, 0.6) is 0 Å². The van der Waals surface area contributed by atoms with Crippen molar-refractivity contribution in [1.29, 1.82) is 0 Å². The first-order valence-corrected chi connectivity index (χ1v) is 12.8. The lowest BCUT2D eigenvalue weighted by Gasteiger charge is -2.36. The van der Waals surface area contributed by atoms with E-state index in [1.807, 2.05) is 55.1 Å². The zero-order valence-electron chi connectivity index (χ0n) is 20.4. The molecule has 0 unspecified atom stereocenters. The van der Waals surface area contributed by atoms with Crippen LogP contribution in [0, 0.1) is 6.92 Å². The lowest BCUT2D eigenvalue weighted by Crippen LogP contribution is -2.48. The number of anilines is 2. The van der Waals surface area contributed by atoms with Gasteiger partial charge in [0, 0.05) is 54.9 Å². The molecule has 2 heterocycles. The van der Waals surface area contributed by atoms with Gasteiger partial charge in [-0.1, -0.05) is 42.3 Å². The molecular weight excluding hydrogens is 497 g/mol. The van der Waals surface area contributed by atoms with Crippen LogP contribution < -0.4 is 10.2 Å². The van der Waals surface area contributed by atoms with E-state index in [-0.39, 0.29) is 11.8 Å². The molecule has 1 aliphatic heterocycles. The van der Waals surface area contributed by atoms with Gasteiger partial charge in [0.05, 0.1) is 10.7 Å². The number of amides is 2. The van der Waals surface area contributed by atoms with Gasteiger partial charge in [0.15, 0.2) is 0 Å². The molecule has 1 saturated heterocycles. The fourth-order valence-electron chi connectivity index (χ4n) is 4.10. The second-order valence-electron chi connectivity index (χ2n) is 8.77. The third-order valence-electron chi connectivity index (χ3n) is 6.13. The zero-order valence-corrected chi connectivity index (χ0v) is 21.9. The largest absolute Gasteiger partial charge is 0.457 e. The molecule has 4 rings (SSSR count). The molecular formula is C28H29Cl2N3O3. The molecule has 36 heavy (non-hydrogen) atoms. The predicted molar refractivity (Wildman–Crippen MR) is 147 cm³/mol. The summed E-state index contributed by atoms with van der Waals surface area (Å²) in [6.07, 6.45) is 4.48. The van der Waals surface area contributed by atoms with E-state index < -0.39 is 0 Å². The van der Waals surface area contributed by atoms with Crippen LogP contribution in [0.3, 0.4) is 0 Å². The van der Waals surface area contributed by atoms with Gasteiger partial charge in [-0.05, 0) is 61.4 Å². The minimum Gasteiger partial charge on any atom is -0.457 e. The number of halogens is 2. The normalized spacial score (nSPS) is 13.9. The summed E-state index contributed by atoms with van der Waals surface area (Å²) in [5.74, 6) is 1.15. The highest BCUT2D eigenvalue weighted by Gasteiger charge is 2.22. The molecule has 0 aliphatic carbocycles. The Kier molecular flexibility index (Phi) is 8.39. The van der Waals surface area contributed by atoms with Crippen molar-refractivity contribution in [3.8, 4) is 11.3 Å². The molecule has 3 aromatic rings. The molecule has 2 aromatic carbocycles. The monoisotopic (exact) mass is 525 g/mol. The number of aryl methyl sites for hydroxylation is 1. The first kappa shape index (κ1) is 25.9. The number of nitrogens with one attached hydrogen (secondary N) is 1. The fraction of sp³-hybridized carbons (Fsp3) is 0.286. The van der Waals surface area contributed by atoms with E-state index in [9.17, 15) is 9.59 Å². The van der Waals surface area contributed by atoms with Gasteiger partial charge in [0.2, 0.25) is 11.8 Å². The first-order valence-electron chi connectivity index (χ1n) is 12.0. The standard InChI is InChI=1S/C28H29Cl2N3O3/c1-3-4-28(35)33-15-13-32(14-16-33)25-10-7-21(18-24(25)30)31-27(34)12-9-22-8-11-26(36-22)20-6-5-19(2)23(29)17-20/h5-12,17-18H,3-4,13-16H2,1-2H3,(H,31,34)/b12-9+. The van der Waals surface area contributed by atoms with Gasteiger partial charge in [-0.3, -0.25) is 9.59 Å². The Labute approximate surface area is 221 Å². The Morgan fingerprint density at radius 2 is 1.78 bits per heavy atom. The predicted octanol–water partition coefficient (Wildman–Crippen LogP) is 6.66. The molecule has 188 valence electrons. The molecule has 0 bridgehead atoms. The minimum absolute atomic E-state index is 0.208. The fourth-order valence-corrected chi connectivity index (χ4v) is 4.58. The van der Waals surface area contributed by atoms with E-state index in [1.54, 1.807) is 18.2 Å². The highest BCUT2D eigenvalue weighted by Crippen LogP contribution is 2.30. The Hall–Kier alpha value is -3.22. The molecule has 8 heteroatoms. The number of nitrogens with zero attached hydrogens (tertiary/aromatic N) is 2. The lowest BCUT2D eigenvalue weighted by atomic mass is 10.1. The second kappa shape index (κ2) is 11.7. The lowest BCUT2D eigenvalue weighted by molar-refractivity contribution is -0.131. The molecule has 0 spiro atoms. The summed E-state index contributed by atoms with van der Waals surface area (Å²) < 4.78 is 5.83. The molecule has 1 fully saturated rings. The Morgan fingerprint density at radius 1 is 1.00 bits per heavy atom. The summed E-state index contributed by atoms with van der Waals surface area (Å²) in [6, 6.07) is 14.8. The van der Waals surface area contributed by atoms with E-state index >= 15 is 0 Å². The minimum atomic E-state index is -0.293. The number of benzene rings is 2. The highest BCUT2D eigenvalue weighted by atomic mass is 35.5. The van der Waals surface area contributed by atoms with Crippen molar-refractivity contribution in [3.63, 3.8) is 0 Å². The van der Waals surface area contributed by atoms with Crippen molar-refractivity contribution in [2.24, 2.45) is 0 Å². The average molecular weight is 526 g/mol. The molecule has 2 amide bonds. The third kappa shape index (κ3) is 6.31. The maximum atomic E-state index is 12.4. The van der Waals surface area contributed by atoms with Crippen LogP contribution in [0.1, 0.15) is 31.1 Å². The third-order valence-corrected chi connectivity index (χ3v) is 6.84. The Morgan fingerprint density at radius 3 is 2.47 bits per heavy atom. The van der Waals surface area contributed by atoms with Crippen LogP contribution in [0.4, 0.5) is 11.4 Å². The van der Waals surface area contributed by atoms with Crippen LogP contribution >= 0.6 is 23.2 Å². The molecule has 0 radical (unpaired) electrons. The molecule has 1 aliphatic rings. The van der Waals surface area contributed by atoms with Crippen LogP contribution in [-0.2, 0) is 9.59 Å². The quantitative estimate of drug-likeness (QED) is 0.350. The smallest absolute Gasteiger partial charge is 0.248 e. The van der Waals surface area contributed by atoms with Crippen LogP contribution in [0.15, 0.2) is 59.0 Å². The van der Waals surface area contributed by atoms with Gasteiger partial charge >= 0.3 is 0 Å². The first-order chi connectivity index (χ1) is 17.3. The SMILES string of the molecule is CCCC(=O)N1CCN(c2ccc(NC(=O)/C=C/c3ccc(-c4ccc(C)c(Cl)c4)o3)cc2Cl)CC1. The average Bonchev–Trinajstić information content (AvgIpc) is 3.34. The zero-order chi connectivity index (χ0) is 25.7. The number of carbonyl (C=O) groups excluding carboxylic acids is 2. The topological polar surface area (TPSA) is 65.8 Å². The Balaban J connectivity index is 1.33. The van der Waals surface area contributed by atoms with E-state index in [1.165, 1.54) is 6.08 Å². The van der Waals surface area contributed by atoms with E-state index in [2.05, 4.69) is 10.2 Å². The number of furan rings is 1. The van der Waals surface area contributed by atoms with Crippen LogP contribution in [0.25, 0.3) is 17.4 Å².